The number of primary amides is 1. The molecule has 0 saturated heterocycles. The van der Waals surface area contributed by atoms with Crippen LogP contribution in [0.25, 0.3) is 11.3 Å². The molecule has 4 rings (SSSR count). The highest BCUT2D eigenvalue weighted by Gasteiger charge is 2.13. The molecule has 1 atom stereocenters. The van der Waals surface area contributed by atoms with Gasteiger partial charge >= 0.3 is 0 Å². The van der Waals surface area contributed by atoms with E-state index in [1.807, 2.05) is 13.0 Å². The van der Waals surface area contributed by atoms with Gasteiger partial charge in [-0.15, -0.1) is 0 Å². The van der Waals surface area contributed by atoms with Crippen molar-refractivity contribution >= 4 is 23.5 Å². The molecule has 0 saturated carbocycles. The van der Waals surface area contributed by atoms with E-state index in [9.17, 15) is 9.18 Å². The van der Waals surface area contributed by atoms with E-state index >= 15 is 0 Å². The van der Waals surface area contributed by atoms with Gasteiger partial charge in [-0.2, -0.15) is 4.98 Å². The van der Waals surface area contributed by atoms with Gasteiger partial charge in [0.1, 0.15) is 17.5 Å². The molecular formula is C23H20FN7O. The number of nitrogens with one attached hydrogen (secondary N) is 2. The van der Waals surface area contributed by atoms with E-state index in [1.54, 1.807) is 55.0 Å². The van der Waals surface area contributed by atoms with Crippen LogP contribution in [0, 0.1) is 5.82 Å². The Labute approximate surface area is 183 Å². The van der Waals surface area contributed by atoms with Crippen LogP contribution >= 0.6 is 0 Å². The number of carbonyl (C=O) groups excluding carboxylic acids is 1. The number of nitrogens with zero attached hydrogens (tertiary/aromatic N) is 4. The second-order valence-electron chi connectivity index (χ2n) is 7.04. The number of hydrogen-bond acceptors (Lipinski definition) is 7. The first kappa shape index (κ1) is 20.9. The van der Waals surface area contributed by atoms with Crippen molar-refractivity contribution in [2.75, 3.05) is 10.6 Å². The van der Waals surface area contributed by atoms with Crippen molar-refractivity contribution < 1.29 is 9.18 Å². The summed E-state index contributed by atoms with van der Waals surface area (Å²) in [6, 6.07) is 14.6. The minimum atomic E-state index is -0.526. The van der Waals surface area contributed by atoms with E-state index in [1.165, 1.54) is 12.1 Å². The molecule has 160 valence electrons. The molecule has 0 spiro atoms. The van der Waals surface area contributed by atoms with Crippen molar-refractivity contribution in [3.63, 3.8) is 0 Å². The van der Waals surface area contributed by atoms with Crippen molar-refractivity contribution in [1.29, 1.82) is 0 Å². The monoisotopic (exact) mass is 429 g/mol. The molecule has 0 bridgehead atoms. The first-order valence-electron chi connectivity index (χ1n) is 9.82. The van der Waals surface area contributed by atoms with E-state index < -0.39 is 5.91 Å². The fraction of sp³-hybridized carbons (Fsp3) is 0.0870. The predicted octanol–water partition coefficient (Wildman–Crippen LogP) is 4.09. The molecule has 0 aliphatic rings. The predicted molar refractivity (Wildman–Crippen MR) is 120 cm³/mol. The zero-order valence-electron chi connectivity index (χ0n) is 17.2. The summed E-state index contributed by atoms with van der Waals surface area (Å²) in [6.45, 7) is 1.92. The summed E-state index contributed by atoms with van der Waals surface area (Å²) >= 11 is 0. The molecule has 0 aliphatic carbocycles. The van der Waals surface area contributed by atoms with E-state index in [4.69, 9.17) is 5.73 Å². The molecular weight excluding hydrogens is 409 g/mol. The fourth-order valence-electron chi connectivity index (χ4n) is 3.08. The summed E-state index contributed by atoms with van der Waals surface area (Å²) in [7, 11) is 0. The third-order valence-electron chi connectivity index (χ3n) is 4.70. The third kappa shape index (κ3) is 5.01. The average molecular weight is 429 g/mol. The molecule has 4 N–H and O–H groups in total. The smallest absolute Gasteiger partial charge is 0.248 e. The second kappa shape index (κ2) is 9.17. The van der Waals surface area contributed by atoms with Crippen LogP contribution in [0.5, 0.6) is 0 Å². The lowest BCUT2D eigenvalue weighted by Crippen LogP contribution is -2.12. The molecule has 2 heterocycles. The van der Waals surface area contributed by atoms with Gasteiger partial charge in [0, 0.05) is 29.6 Å². The summed E-state index contributed by atoms with van der Waals surface area (Å²) in [6.07, 6.45) is 4.71. The average Bonchev–Trinajstić information content (AvgIpc) is 2.80. The number of aromatic nitrogens is 4. The number of halogens is 1. The normalized spacial score (nSPS) is 11.6. The van der Waals surface area contributed by atoms with Crippen molar-refractivity contribution in [2.45, 2.75) is 13.0 Å². The maximum atomic E-state index is 13.3. The standard InChI is InChI=1S/C23H20FN7O/c1-14(15-5-7-18(24)8-6-15)28-23-29-19(16-3-2-4-17(11-16)22(25)32)12-20(31-23)30-21-13-26-9-10-27-21/h2-14H,1H3,(H2,25,32)(H2,27,28,29,30,31). The fourth-order valence-corrected chi connectivity index (χ4v) is 3.08. The number of nitrogens with two attached hydrogens (primary N) is 1. The maximum absolute atomic E-state index is 13.3. The quantitative estimate of drug-likeness (QED) is 0.405. The van der Waals surface area contributed by atoms with Gasteiger partial charge < -0.3 is 16.4 Å². The highest BCUT2D eigenvalue weighted by molar-refractivity contribution is 5.94. The number of carbonyl (C=O) groups is 1. The highest BCUT2D eigenvalue weighted by atomic mass is 19.1. The first-order valence-corrected chi connectivity index (χ1v) is 9.82. The van der Waals surface area contributed by atoms with Gasteiger partial charge in [-0.1, -0.05) is 24.3 Å². The van der Waals surface area contributed by atoms with Crippen molar-refractivity contribution in [1.82, 2.24) is 19.9 Å². The van der Waals surface area contributed by atoms with Crippen LogP contribution in [0.1, 0.15) is 28.9 Å². The van der Waals surface area contributed by atoms with Crippen LogP contribution in [0.2, 0.25) is 0 Å². The summed E-state index contributed by atoms with van der Waals surface area (Å²) in [5.74, 6) is 0.510. The molecule has 32 heavy (non-hydrogen) atoms. The molecule has 0 fully saturated rings. The topological polar surface area (TPSA) is 119 Å². The van der Waals surface area contributed by atoms with Crippen LogP contribution < -0.4 is 16.4 Å². The largest absolute Gasteiger partial charge is 0.366 e. The number of anilines is 3. The van der Waals surface area contributed by atoms with Crippen molar-refractivity contribution in [3.05, 3.63) is 90.1 Å². The van der Waals surface area contributed by atoms with Crippen molar-refractivity contribution in [2.24, 2.45) is 5.73 Å². The van der Waals surface area contributed by atoms with Gasteiger partial charge in [-0.25, -0.2) is 14.4 Å². The van der Waals surface area contributed by atoms with Crippen molar-refractivity contribution in [3.8, 4) is 11.3 Å². The number of hydrogen-bond donors (Lipinski definition) is 3. The summed E-state index contributed by atoms with van der Waals surface area (Å²) in [4.78, 5) is 29.0. The Hall–Kier alpha value is -4.40. The second-order valence-corrected chi connectivity index (χ2v) is 7.04. The molecule has 2 aromatic heterocycles. The number of benzene rings is 2. The van der Waals surface area contributed by atoms with Crippen LogP contribution in [0.3, 0.4) is 0 Å². The Morgan fingerprint density at radius 2 is 1.84 bits per heavy atom. The van der Waals surface area contributed by atoms with E-state index in [0.717, 1.165) is 5.56 Å². The molecule has 8 nitrogen and oxygen atoms in total. The summed E-state index contributed by atoms with van der Waals surface area (Å²) in [5, 5.41) is 6.35. The van der Waals surface area contributed by atoms with Crippen LogP contribution in [0.4, 0.5) is 22.0 Å². The lowest BCUT2D eigenvalue weighted by Gasteiger charge is -2.16. The molecule has 1 amide bonds. The van der Waals surface area contributed by atoms with Crippen LogP contribution in [0.15, 0.2) is 73.2 Å². The van der Waals surface area contributed by atoms with Gasteiger partial charge in [-0.05, 0) is 36.8 Å². The lowest BCUT2D eigenvalue weighted by atomic mass is 10.1. The Morgan fingerprint density at radius 3 is 2.56 bits per heavy atom. The molecule has 0 radical (unpaired) electrons. The lowest BCUT2D eigenvalue weighted by molar-refractivity contribution is 0.100. The molecule has 9 heteroatoms. The molecule has 1 unspecified atom stereocenters. The van der Waals surface area contributed by atoms with E-state index in [-0.39, 0.29) is 11.9 Å². The molecule has 0 aliphatic heterocycles. The van der Waals surface area contributed by atoms with Crippen LogP contribution in [-0.4, -0.2) is 25.8 Å². The van der Waals surface area contributed by atoms with Gasteiger partial charge in [-0.3, -0.25) is 9.78 Å². The minimum Gasteiger partial charge on any atom is -0.366 e. The van der Waals surface area contributed by atoms with Gasteiger partial charge in [0.05, 0.1) is 17.9 Å². The summed E-state index contributed by atoms with van der Waals surface area (Å²) < 4.78 is 13.3. The Morgan fingerprint density at radius 1 is 1.03 bits per heavy atom. The first-order chi connectivity index (χ1) is 15.5. The third-order valence-corrected chi connectivity index (χ3v) is 4.70. The Bertz CT molecular complexity index is 1230. The van der Waals surface area contributed by atoms with E-state index in [0.29, 0.717) is 34.4 Å². The number of rotatable bonds is 7. The Balaban J connectivity index is 1.70. The zero-order chi connectivity index (χ0) is 22.5. The zero-order valence-corrected chi connectivity index (χ0v) is 17.2. The van der Waals surface area contributed by atoms with Gasteiger partial charge in [0.15, 0.2) is 0 Å². The SMILES string of the molecule is CC(Nc1nc(Nc2cnccn2)cc(-c2cccc(C(N)=O)c2)n1)c1ccc(F)cc1. The maximum Gasteiger partial charge on any atom is 0.248 e. The van der Waals surface area contributed by atoms with Gasteiger partial charge in [0.2, 0.25) is 11.9 Å². The number of amides is 1. The Kier molecular flexibility index (Phi) is 5.98. The van der Waals surface area contributed by atoms with E-state index in [2.05, 4.69) is 30.6 Å². The molecule has 2 aromatic carbocycles. The van der Waals surface area contributed by atoms with Crippen LogP contribution in [-0.2, 0) is 0 Å². The minimum absolute atomic E-state index is 0.188. The van der Waals surface area contributed by atoms with Gasteiger partial charge in [0.25, 0.3) is 0 Å². The highest BCUT2D eigenvalue weighted by Crippen LogP contribution is 2.26. The summed E-state index contributed by atoms with van der Waals surface area (Å²) in [5.41, 5.74) is 7.94. The molecule has 4 aromatic rings.